The van der Waals surface area contributed by atoms with Crippen molar-refractivity contribution >= 4 is 10.2 Å². The number of hydrogen-bond donors (Lipinski definition) is 1. The molecular formula is C12H15FN4O3S. The van der Waals surface area contributed by atoms with Gasteiger partial charge in [-0.3, -0.25) is 0 Å². The monoisotopic (exact) mass is 314 g/mol. The van der Waals surface area contributed by atoms with Gasteiger partial charge in [-0.15, -0.1) is 8.98 Å². The molecule has 0 aliphatic heterocycles. The van der Waals surface area contributed by atoms with Gasteiger partial charge in [0.05, 0.1) is 30.0 Å². The van der Waals surface area contributed by atoms with Crippen LogP contribution in [0.5, 0.6) is 0 Å². The summed E-state index contributed by atoms with van der Waals surface area (Å²) in [6.07, 6.45) is 1.67. The summed E-state index contributed by atoms with van der Waals surface area (Å²) in [7, 11) is -2.85. The smallest absolute Gasteiger partial charge is 0.332 e. The molecule has 0 aliphatic rings. The highest BCUT2D eigenvalue weighted by Gasteiger charge is 2.11. The van der Waals surface area contributed by atoms with Gasteiger partial charge in [-0.05, 0) is 31.3 Å². The minimum absolute atomic E-state index is 0.332. The lowest BCUT2D eigenvalue weighted by molar-refractivity contribution is 0.121. The third kappa shape index (κ3) is 4.31. The van der Waals surface area contributed by atoms with Gasteiger partial charge in [-0.1, -0.05) is 5.21 Å². The minimum atomic E-state index is -4.69. The maximum Gasteiger partial charge on any atom is 0.332 e. The molecule has 0 saturated carbocycles. The van der Waals surface area contributed by atoms with Crippen LogP contribution in [0.25, 0.3) is 5.69 Å². The predicted octanol–water partition coefficient (Wildman–Crippen LogP) is 0.661. The molecule has 1 heterocycles. The van der Waals surface area contributed by atoms with Crippen molar-refractivity contribution in [3.8, 4) is 5.69 Å². The van der Waals surface area contributed by atoms with Crippen LogP contribution in [0.2, 0.25) is 0 Å². The standard InChI is InChI=1S/C12H15FN4O3S/c1-14-6-7-20-9-10-8-17(16-15-10)11-2-4-12(5-3-11)21(13,18)19/h2-5,8,14H,6-7,9H2,1H3. The van der Waals surface area contributed by atoms with Crippen LogP contribution in [0.1, 0.15) is 5.69 Å². The lowest BCUT2D eigenvalue weighted by Crippen LogP contribution is -2.14. The lowest BCUT2D eigenvalue weighted by Gasteiger charge is -2.01. The molecule has 0 fully saturated rings. The molecule has 0 radical (unpaired) electrons. The molecule has 0 atom stereocenters. The molecule has 2 rings (SSSR count). The van der Waals surface area contributed by atoms with Crippen LogP contribution in [-0.4, -0.2) is 43.6 Å². The Morgan fingerprint density at radius 2 is 2.05 bits per heavy atom. The summed E-state index contributed by atoms with van der Waals surface area (Å²) >= 11 is 0. The van der Waals surface area contributed by atoms with E-state index in [2.05, 4.69) is 15.6 Å². The Morgan fingerprint density at radius 1 is 1.33 bits per heavy atom. The van der Waals surface area contributed by atoms with Gasteiger partial charge < -0.3 is 10.1 Å². The van der Waals surface area contributed by atoms with Crippen LogP contribution >= 0.6 is 0 Å². The van der Waals surface area contributed by atoms with E-state index in [1.54, 1.807) is 6.20 Å². The summed E-state index contributed by atoms with van der Waals surface area (Å²) in [5.41, 5.74) is 1.23. The Labute approximate surface area is 121 Å². The van der Waals surface area contributed by atoms with E-state index >= 15 is 0 Å². The van der Waals surface area contributed by atoms with Crippen molar-refractivity contribution in [1.29, 1.82) is 0 Å². The molecule has 7 nitrogen and oxygen atoms in total. The number of likely N-dealkylation sites (N-methyl/N-ethyl adjacent to an activating group) is 1. The summed E-state index contributed by atoms with van der Waals surface area (Å²) in [5, 5.41) is 10.8. The predicted molar refractivity (Wildman–Crippen MR) is 73.2 cm³/mol. The highest BCUT2D eigenvalue weighted by Crippen LogP contribution is 2.15. The maximum atomic E-state index is 12.8. The van der Waals surface area contributed by atoms with Gasteiger partial charge in [0.25, 0.3) is 0 Å². The number of nitrogens with zero attached hydrogens (tertiary/aromatic N) is 3. The molecule has 21 heavy (non-hydrogen) atoms. The highest BCUT2D eigenvalue weighted by molar-refractivity contribution is 7.86. The van der Waals surface area contributed by atoms with Crippen LogP contribution in [0.4, 0.5) is 3.89 Å². The Bertz CT molecular complexity index is 685. The number of nitrogens with one attached hydrogen (secondary N) is 1. The van der Waals surface area contributed by atoms with E-state index in [-0.39, 0.29) is 4.90 Å². The molecule has 0 unspecified atom stereocenters. The van der Waals surface area contributed by atoms with Gasteiger partial charge in [0.1, 0.15) is 5.69 Å². The Balaban J connectivity index is 2.04. The number of hydrogen-bond acceptors (Lipinski definition) is 6. The normalized spacial score (nSPS) is 11.7. The molecule has 1 aromatic heterocycles. The van der Waals surface area contributed by atoms with Crippen molar-refractivity contribution in [2.45, 2.75) is 11.5 Å². The van der Waals surface area contributed by atoms with Gasteiger partial charge in [0.2, 0.25) is 0 Å². The topological polar surface area (TPSA) is 86.1 Å². The van der Waals surface area contributed by atoms with E-state index in [1.807, 2.05) is 7.05 Å². The van der Waals surface area contributed by atoms with Gasteiger partial charge in [0, 0.05) is 6.54 Å². The molecule has 0 saturated heterocycles. The molecule has 0 aliphatic carbocycles. The molecular weight excluding hydrogens is 299 g/mol. The fraction of sp³-hybridized carbons (Fsp3) is 0.333. The number of rotatable bonds is 7. The number of halogens is 1. The third-order valence-electron chi connectivity index (χ3n) is 2.67. The van der Waals surface area contributed by atoms with Crippen molar-refractivity contribution in [3.63, 3.8) is 0 Å². The molecule has 0 amide bonds. The molecule has 0 bridgehead atoms. The van der Waals surface area contributed by atoms with E-state index in [0.29, 0.717) is 24.6 Å². The van der Waals surface area contributed by atoms with Crippen molar-refractivity contribution in [2.75, 3.05) is 20.2 Å². The second-order valence-electron chi connectivity index (χ2n) is 4.24. The van der Waals surface area contributed by atoms with Gasteiger partial charge in [0.15, 0.2) is 0 Å². The first-order valence-electron chi connectivity index (χ1n) is 6.19. The molecule has 2 aromatic rings. The van der Waals surface area contributed by atoms with Crippen molar-refractivity contribution in [3.05, 3.63) is 36.2 Å². The zero-order valence-electron chi connectivity index (χ0n) is 11.4. The summed E-state index contributed by atoms with van der Waals surface area (Å²) in [6, 6.07) is 5.25. The van der Waals surface area contributed by atoms with E-state index in [0.717, 1.165) is 6.54 Å². The Kier molecular flexibility index (Phi) is 4.99. The number of aromatic nitrogens is 3. The van der Waals surface area contributed by atoms with Gasteiger partial charge in [-0.25, -0.2) is 4.68 Å². The van der Waals surface area contributed by atoms with E-state index in [9.17, 15) is 12.3 Å². The van der Waals surface area contributed by atoms with Crippen LogP contribution in [0.3, 0.4) is 0 Å². The maximum absolute atomic E-state index is 12.8. The summed E-state index contributed by atoms with van der Waals surface area (Å²) in [5.74, 6) is 0. The van der Waals surface area contributed by atoms with Crippen molar-refractivity contribution in [1.82, 2.24) is 20.3 Å². The van der Waals surface area contributed by atoms with E-state index in [1.165, 1.54) is 28.9 Å². The van der Waals surface area contributed by atoms with E-state index in [4.69, 9.17) is 4.74 Å². The zero-order chi connectivity index (χ0) is 15.3. The fourth-order valence-electron chi connectivity index (χ4n) is 1.60. The largest absolute Gasteiger partial charge is 0.374 e. The van der Waals surface area contributed by atoms with Crippen LogP contribution in [0, 0.1) is 0 Å². The van der Waals surface area contributed by atoms with Crippen molar-refractivity contribution < 1.29 is 17.0 Å². The van der Waals surface area contributed by atoms with E-state index < -0.39 is 10.2 Å². The average molecular weight is 314 g/mol. The first kappa shape index (κ1) is 15.5. The first-order chi connectivity index (χ1) is 10.0. The molecule has 9 heteroatoms. The number of ether oxygens (including phenoxy) is 1. The second kappa shape index (κ2) is 6.74. The third-order valence-corrected chi connectivity index (χ3v) is 3.51. The summed E-state index contributed by atoms with van der Waals surface area (Å²) in [6.45, 7) is 1.64. The Morgan fingerprint density at radius 3 is 2.67 bits per heavy atom. The average Bonchev–Trinajstić information content (AvgIpc) is 2.92. The van der Waals surface area contributed by atoms with Crippen LogP contribution in [-0.2, 0) is 21.6 Å². The Hall–Kier alpha value is -1.84. The minimum Gasteiger partial charge on any atom is -0.374 e. The number of benzene rings is 1. The molecule has 1 aromatic carbocycles. The highest BCUT2D eigenvalue weighted by atomic mass is 32.3. The second-order valence-corrected chi connectivity index (χ2v) is 5.59. The van der Waals surface area contributed by atoms with Gasteiger partial charge >= 0.3 is 10.2 Å². The first-order valence-corrected chi connectivity index (χ1v) is 7.58. The lowest BCUT2D eigenvalue weighted by atomic mass is 10.3. The van der Waals surface area contributed by atoms with Crippen LogP contribution in [0.15, 0.2) is 35.4 Å². The van der Waals surface area contributed by atoms with Crippen molar-refractivity contribution in [2.24, 2.45) is 0 Å². The zero-order valence-corrected chi connectivity index (χ0v) is 12.2. The SMILES string of the molecule is CNCCOCc1cn(-c2ccc(S(=O)(=O)F)cc2)nn1. The summed E-state index contributed by atoms with van der Waals surface area (Å²) in [4.78, 5) is -0.387. The van der Waals surface area contributed by atoms with Crippen LogP contribution < -0.4 is 5.32 Å². The molecule has 1 N–H and O–H groups in total. The van der Waals surface area contributed by atoms with Gasteiger partial charge in [-0.2, -0.15) is 8.42 Å². The molecule has 114 valence electrons. The fourth-order valence-corrected chi connectivity index (χ4v) is 2.06. The summed E-state index contributed by atoms with van der Waals surface area (Å²) < 4.78 is 41.1. The quantitative estimate of drug-likeness (QED) is 0.597. The molecule has 0 spiro atoms.